The third-order valence-electron chi connectivity index (χ3n) is 3.99. The maximum atomic E-state index is 13.6. The first-order chi connectivity index (χ1) is 8.99. The van der Waals surface area contributed by atoms with Crippen LogP contribution >= 0.6 is 0 Å². The number of nitrogens with zero attached hydrogens (tertiary/aromatic N) is 1. The Morgan fingerprint density at radius 3 is 2.53 bits per heavy atom. The molecule has 1 fully saturated rings. The van der Waals surface area contributed by atoms with Crippen LogP contribution in [0.4, 0.5) is 8.78 Å². The van der Waals surface area contributed by atoms with Crippen molar-refractivity contribution in [3.8, 4) is 0 Å². The summed E-state index contributed by atoms with van der Waals surface area (Å²) in [5.41, 5.74) is 0.646. The van der Waals surface area contributed by atoms with Crippen molar-refractivity contribution >= 4 is 0 Å². The predicted octanol–water partition coefficient (Wildman–Crippen LogP) is 2.58. The molecule has 0 radical (unpaired) electrons. The molecule has 2 rings (SSSR count). The van der Waals surface area contributed by atoms with Crippen LogP contribution in [0, 0.1) is 11.6 Å². The fourth-order valence-corrected chi connectivity index (χ4v) is 2.59. The van der Waals surface area contributed by atoms with Gasteiger partial charge >= 0.3 is 0 Å². The van der Waals surface area contributed by atoms with Gasteiger partial charge in [-0.2, -0.15) is 0 Å². The van der Waals surface area contributed by atoms with E-state index in [4.69, 9.17) is 0 Å². The summed E-state index contributed by atoms with van der Waals surface area (Å²) in [5, 5.41) is 3.33. The average molecular weight is 268 g/mol. The Morgan fingerprint density at radius 1 is 1.21 bits per heavy atom. The summed E-state index contributed by atoms with van der Waals surface area (Å²) in [7, 11) is 0. The summed E-state index contributed by atoms with van der Waals surface area (Å²) in [6.07, 6.45) is 1.51. The molecule has 1 aliphatic rings. The first-order valence-electron chi connectivity index (χ1n) is 6.89. The third kappa shape index (κ3) is 3.74. The van der Waals surface area contributed by atoms with Crippen molar-refractivity contribution in [3.05, 3.63) is 35.4 Å². The molecule has 0 bridgehead atoms. The molecule has 1 N–H and O–H groups in total. The van der Waals surface area contributed by atoms with Crippen LogP contribution in [0.3, 0.4) is 0 Å². The number of hydrogen-bond donors (Lipinski definition) is 1. The van der Waals surface area contributed by atoms with E-state index < -0.39 is 11.6 Å². The van der Waals surface area contributed by atoms with E-state index in [9.17, 15) is 8.78 Å². The van der Waals surface area contributed by atoms with Crippen molar-refractivity contribution in [2.45, 2.75) is 32.2 Å². The van der Waals surface area contributed by atoms with Gasteiger partial charge in [0.25, 0.3) is 0 Å². The number of rotatable bonds is 4. The minimum atomic E-state index is -0.511. The van der Waals surface area contributed by atoms with Gasteiger partial charge in [-0.1, -0.05) is 6.07 Å². The van der Waals surface area contributed by atoms with Crippen molar-refractivity contribution < 1.29 is 8.78 Å². The van der Waals surface area contributed by atoms with Crippen molar-refractivity contribution in [3.63, 3.8) is 0 Å². The van der Waals surface area contributed by atoms with Crippen LogP contribution in [0.1, 0.15) is 25.8 Å². The lowest BCUT2D eigenvalue weighted by Crippen LogP contribution is -2.53. The van der Waals surface area contributed by atoms with Gasteiger partial charge in [0.05, 0.1) is 0 Å². The highest BCUT2D eigenvalue weighted by Crippen LogP contribution is 2.23. The highest BCUT2D eigenvalue weighted by Gasteiger charge is 2.27. The average Bonchev–Trinajstić information content (AvgIpc) is 2.39. The molecule has 0 aliphatic carbocycles. The minimum Gasteiger partial charge on any atom is -0.314 e. The number of benzene rings is 1. The van der Waals surface area contributed by atoms with Gasteiger partial charge < -0.3 is 5.32 Å². The predicted molar refractivity (Wildman–Crippen MR) is 73.2 cm³/mol. The molecular formula is C15H22F2N2. The van der Waals surface area contributed by atoms with E-state index in [0.29, 0.717) is 12.0 Å². The van der Waals surface area contributed by atoms with E-state index in [1.807, 2.05) is 0 Å². The summed E-state index contributed by atoms with van der Waals surface area (Å²) in [6.45, 7) is 8.46. The fourth-order valence-electron chi connectivity index (χ4n) is 2.59. The third-order valence-corrected chi connectivity index (χ3v) is 3.99. The summed E-state index contributed by atoms with van der Waals surface area (Å²) < 4.78 is 26.5. The zero-order valence-electron chi connectivity index (χ0n) is 11.7. The van der Waals surface area contributed by atoms with Crippen LogP contribution < -0.4 is 5.32 Å². The Labute approximate surface area is 113 Å². The van der Waals surface area contributed by atoms with Crippen molar-refractivity contribution in [2.75, 3.05) is 26.2 Å². The van der Waals surface area contributed by atoms with E-state index in [1.165, 1.54) is 6.07 Å². The molecule has 4 heteroatoms. The Hall–Kier alpha value is -1.00. The molecule has 0 spiro atoms. The molecule has 1 aromatic rings. The number of hydrogen-bond acceptors (Lipinski definition) is 2. The largest absolute Gasteiger partial charge is 0.314 e. The topological polar surface area (TPSA) is 15.3 Å². The second kappa shape index (κ2) is 5.97. The molecule has 106 valence electrons. The summed E-state index contributed by atoms with van der Waals surface area (Å²) in [4.78, 5) is 2.44. The molecule has 2 nitrogen and oxygen atoms in total. The van der Waals surface area contributed by atoms with Gasteiger partial charge in [-0.25, -0.2) is 8.78 Å². The number of halogens is 2. The Balaban J connectivity index is 1.96. The SMILES string of the molecule is CC(C)(CCc1ccc(F)cc1F)N1CCNCC1. The van der Waals surface area contributed by atoms with Gasteiger partial charge in [0.15, 0.2) is 0 Å². The van der Waals surface area contributed by atoms with Crippen LogP contribution in [0.5, 0.6) is 0 Å². The van der Waals surface area contributed by atoms with Crippen LogP contribution in [-0.2, 0) is 6.42 Å². The van der Waals surface area contributed by atoms with Crippen LogP contribution in [0.15, 0.2) is 18.2 Å². The quantitative estimate of drug-likeness (QED) is 0.903. The molecule has 0 unspecified atom stereocenters. The van der Waals surface area contributed by atoms with Crippen LogP contribution in [0.25, 0.3) is 0 Å². The van der Waals surface area contributed by atoms with Crippen molar-refractivity contribution in [1.29, 1.82) is 0 Å². The molecule has 0 amide bonds. The first kappa shape index (κ1) is 14.4. The second-order valence-electron chi connectivity index (χ2n) is 5.79. The standard InChI is InChI=1S/C15H22F2N2/c1-15(2,19-9-7-18-8-10-19)6-5-12-3-4-13(16)11-14(12)17/h3-4,11,18H,5-10H2,1-2H3. The van der Waals surface area contributed by atoms with Crippen molar-refractivity contribution in [2.24, 2.45) is 0 Å². The van der Waals surface area contributed by atoms with Crippen molar-refractivity contribution in [1.82, 2.24) is 10.2 Å². The lowest BCUT2D eigenvalue weighted by Gasteiger charge is -2.41. The zero-order chi connectivity index (χ0) is 13.9. The Morgan fingerprint density at radius 2 is 1.89 bits per heavy atom. The van der Waals surface area contributed by atoms with E-state index in [1.54, 1.807) is 6.07 Å². The van der Waals surface area contributed by atoms with E-state index in [-0.39, 0.29) is 5.54 Å². The van der Waals surface area contributed by atoms with Gasteiger partial charge in [0.2, 0.25) is 0 Å². The summed E-state index contributed by atoms with van der Waals surface area (Å²) in [5.74, 6) is -0.946. The molecule has 0 atom stereocenters. The smallest absolute Gasteiger partial charge is 0.129 e. The molecule has 1 heterocycles. The molecule has 1 aliphatic heterocycles. The number of nitrogens with one attached hydrogen (secondary N) is 1. The highest BCUT2D eigenvalue weighted by molar-refractivity contribution is 5.19. The molecule has 1 aromatic carbocycles. The zero-order valence-corrected chi connectivity index (χ0v) is 11.7. The number of piperazine rings is 1. The Bertz CT molecular complexity index is 426. The lowest BCUT2D eigenvalue weighted by molar-refractivity contribution is 0.0957. The highest BCUT2D eigenvalue weighted by atomic mass is 19.1. The fraction of sp³-hybridized carbons (Fsp3) is 0.600. The van der Waals surface area contributed by atoms with E-state index in [2.05, 4.69) is 24.1 Å². The second-order valence-corrected chi connectivity index (χ2v) is 5.79. The monoisotopic (exact) mass is 268 g/mol. The maximum Gasteiger partial charge on any atom is 0.129 e. The van der Waals surface area contributed by atoms with Gasteiger partial charge in [0, 0.05) is 37.8 Å². The maximum absolute atomic E-state index is 13.6. The molecule has 1 saturated heterocycles. The van der Waals surface area contributed by atoms with Gasteiger partial charge in [-0.3, -0.25) is 4.90 Å². The minimum absolute atomic E-state index is 0.0446. The first-order valence-corrected chi connectivity index (χ1v) is 6.89. The van der Waals surface area contributed by atoms with Gasteiger partial charge in [0.1, 0.15) is 11.6 Å². The molecular weight excluding hydrogens is 246 g/mol. The lowest BCUT2D eigenvalue weighted by atomic mass is 9.92. The summed E-state index contributed by atoms with van der Waals surface area (Å²) in [6, 6.07) is 3.85. The summed E-state index contributed by atoms with van der Waals surface area (Å²) >= 11 is 0. The van der Waals surface area contributed by atoms with Crippen LogP contribution in [0.2, 0.25) is 0 Å². The van der Waals surface area contributed by atoms with Gasteiger partial charge in [-0.15, -0.1) is 0 Å². The normalized spacial score (nSPS) is 17.7. The van der Waals surface area contributed by atoms with E-state index in [0.717, 1.165) is 38.7 Å². The molecule has 0 aromatic heterocycles. The molecule has 19 heavy (non-hydrogen) atoms. The molecule has 0 saturated carbocycles. The van der Waals surface area contributed by atoms with E-state index >= 15 is 0 Å². The van der Waals surface area contributed by atoms with Gasteiger partial charge in [-0.05, 0) is 38.3 Å². The number of aryl methyl sites for hydroxylation is 1. The Kier molecular flexibility index (Phi) is 4.53. The van der Waals surface area contributed by atoms with Crippen LogP contribution in [-0.4, -0.2) is 36.6 Å².